The van der Waals surface area contributed by atoms with Gasteiger partial charge in [-0.15, -0.1) is 0 Å². The van der Waals surface area contributed by atoms with Crippen molar-refractivity contribution in [3.63, 3.8) is 0 Å². The molecule has 0 bridgehead atoms. The maximum atomic E-state index is 12.2. The van der Waals surface area contributed by atoms with Crippen molar-refractivity contribution in [1.29, 1.82) is 0 Å². The van der Waals surface area contributed by atoms with Crippen molar-refractivity contribution >= 4 is 46.8 Å². The molecule has 1 aromatic carbocycles. The Bertz CT molecular complexity index is 620. The first kappa shape index (κ1) is 18.1. The monoisotopic (exact) mass is 347 g/mol. The summed E-state index contributed by atoms with van der Waals surface area (Å²) in [5, 5.41) is 2.13. The average Bonchev–Trinajstić information content (AvgIpc) is 2.38. The van der Waals surface area contributed by atoms with Crippen molar-refractivity contribution < 1.29 is 19.1 Å². The van der Waals surface area contributed by atoms with Crippen LogP contribution in [0.5, 0.6) is 0 Å². The van der Waals surface area contributed by atoms with Crippen LogP contribution in [-0.4, -0.2) is 24.0 Å². The smallest absolute Gasteiger partial charge is 0.341 e. The van der Waals surface area contributed by atoms with Crippen LogP contribution in [0.15, 0.2) is 12.1 Å². The number of primary amides is 1. The Morgan fingerprint density at radius 3 is 2.32 bits per heavy atom. The number of hydrogen-bond acceptors (Lipinski definition) is 5. The minimum Gasteiger partial charge on any atom is -0.448 e. The van der Waals surface area contributed by atoms with Gasteiger partial charge in [0.05, 0.1) is 16.3 Å². The summed E-state index contributed by atoms with van der Waals surface area (Å²) in [5.41, 5.74) is 10.5. The number of amides is 3. The second-order valence-electron chi connectivity index (χ2n) is 4.77. The van der Waals surface area contributed by atoms with Gasteiger partial charge in [-0.25, -0.2) is 9.59 Å². The minimum absolute atomic E-state index is 0.0196. The zero-order valence-electron chi connectivity index (χ0n) is 11.9. The van der Waals surface area contributed by atoms with Gasteiger partial charge in [0.25, 0.3) is 5.91 Å². The Balaban J connectivity index is 3.02. The third-order valence-corrected chi connectivity index (χ3v) is 3.19. The molecule has 7 nitrogen and oxygen atoms in total. The molecule has 0 heterocycles. The third-order valence-electron chi connectivity index (χ3n) is 2.66. The van der Waals surface area contributed by atoms with Gasteiger partial charge >= 0.3 is 12.0 Å². The van der Waals surface area contributed by atoms with Gasteiger partial charge in [0.2, 0.25) is 0 Å². The van der Waals surface area contributed by atoms with Gasteiger partial charge in [0, 0.05) is 5.02 Å². The summed E-state index contributed by atoms with van der Waals surface area (Å²) in [5.74, 6) is -2.12. The SMILES string of the molecule is CC(C)C(OC(=O)c1cc(Cl)cc(Cl)c1N)C(=O)NC(N)=O. The highest BCUT2D eigenvalue weighted by atomic mass is 35.5. The van der Waals surface area contributed by atoms with E-state index in [0.717, 1.165) is 0 Å². The number of hydrogen-bond donors (Lipinski definition) is 3. The van der Waals surface area contributed by atoms with Gasteiger partial charge in [-0.1, -0.05) is 37.0 Å². The number of benzene rings is 1. The average molecular weight is 348 g/mol. The van der Waals surface area contributed by atoms with Crippen LogP contribution in [0.4, 0.5) is 10.5 Å². The molecule has 22 heavy (non-hydrogen) atoms. The highest BCUT2D eigenvalue weighted by Gasteiger charge is 2.29. The molecule has 0 aliphatic rings. The molecular formula is C13H15Cl2N3O4. The lowest BCUT2D eigenvalue weighted by Crippen LogP contribution is -2.45. The molecule has 0 saturated carbocycles. The number of anilines is 1. The van der Waals surface area contributed by atoms with Crippen molar-refractivity contribution in [2.45, 2.75) is 20.0 Å². The number of nitrogens with one attached hydrogen (secondary N) is 1. The van der Waals surface area contributed by atoms with E-state index < -0.39 is 29.9 Å². The van der Waals surface area contributed by atoms with Crippen LogP contribution >= 0.6 is 23.2 Å². The van der Waals surface area contributed by atoms with Crippen molar-refractivity contribution in [2.75, 3.05) is 5.73 Å². The summed E-state index contributed by atoms with van der Waals surface area (Å²) in [4.78, 5) is 34.7. The molecule has 1 atom stereocenters. The van der Waals surface area contributed by atoms with E-state index in [2.05, 4.69) is 0 Å². The van der Waals surface area contributed by atoms with Crippen molar-refractivity contribution in [3.8, 4) is 0 Å². The first-order valence-electron chi connectivity index (χ1n) is 6.19. The maximum absolute atomic E-state index is 12.2. The number of rotatable bonds is 4. The van der Waals surface area contributed by atoms with Gasteiger partial charge in [0.1, 0.15) is 0 Å². The first-order chi connectivity index (χ1) is 10.1. The molecule has 120 valence electrons. The number of nitrogen functional groups attached to an aromatic ring is 1. The molecule has 1 rings (SSSR count). The van der Waals surface area contributed by atoms with Crippen molar-refractivity contribution in [2.24, 2.45) is 11.7 Å². The quantitative estimate of drug-likeness (QED) is 0.567. The van der Waals surface area contributed by atoms with Gasteiger partial charge in [0.15, 0.2) is 6.10 Å². The summed E-state index contributed by atoms with van der Waals surface area (Å²) in [6.45, 7) is 3.26. The molecule has 3 amide bonds. The molecule has 0 fully saturated rings. The van der Waals surface area contributed by atoms with E-state index in [4.69, 9.17) is 39.4 Å². The zero-order chi connectivity index (χ0) is 17.0. The Morgan fingerprint density at radius 1 is 1.23 bits per heavy atom. The molecule has 0 spiro atoms. The van der Waals surface area contributed by atoms with Crippen LogP contribution in [0, 0.1) is 5.92 Å². The van der Waals surface area contributed by atoms with Crippen LogP contribution in [-0.2, 0) is 9.53 Å². The summed E-state index contributed by atoms with van der Waals surface area (Å²) < 4.78 is 5.10. The third kappa shape index (κ3) is 4.51. The van der Waals surface area contributed by atoms with Crippen LogP contribution in [0.3, 0.4) is 0 Å². The van der Waals surface area contributed by atoms with Gasteiger partial charge in [-0.3, -0.25) is 10.1 Å². The Hall–Kier alpha value is -1.99. The number of carbonyl (C=O) groups is 3. The predicted octanol–water partition coefficient (Wildman–Crippen LogP) is 1.95. The van der Waals surface area contributed by atoms with E-state index in [-0.39, 0.29) is 21.3 Å². The first-order valence-corrected chi connectivity index (χ1v) is 6.94. The summed E-state index contributed by atoms with van der Waals surface area (Å²) in [6.07, 6.45) is -1.22. The molecule has 9 heteroatoms. The fourth-order valence-corrected chi connectivity index (χ4v) is 2.11. The van der Waals surface area contributed by atoms with Crippen LogP contribution < -0.4 is 16.8 Å². The Kier molecular flexibility index (Phi) is 6.01. The van der Waals surface area contributed by atoms with E-state index in [9.17, 15) is 14.4 Å². The molecule has 0 radical (unpaired) electrons. The van der Waals surface area contributed by atoms with Crippen LogP contribution in [0.2, 0.25) is 10.0 Å². The van der Waals surface area contributed by atoms with E-state index in [1.165, 1.54) is 12.1 Å². The number of urea groups is 1. The lowest BCUT2D eigenvalue weighted by Gasteiger charge is -2.20. The highest BCUT2D eigenvalue weighted by Crippen LogP contribution is 2.28. The topological polar surface area (TPSA) is 125 Å². The van der Waals surface area contributed by atoms with E-state index in [0.29, 0.717) is 0 Å². The maximum Gasteiger partial charge on any atom is 0.341 e. The number of nitrogens with two attached hydrogens (primary N) is 2. The summed E-state index contributed by atoms with van der Waals surface area (Å²) in [7, 11) is 0. The number of imide groups is 1. The van der Waals surface area contributed by atoms with E-state index in [1.807, 2.05) is 5.32 Å². The largest absolute Gasteiger partial charge is 0.448 e. The molecule has 0 aliphatic heterocycles. The molecule has 0 aromatic heterocycles. The normalized spacial score (nSPS) is 11.9. The summed E-state index contributed by atoms with van der Waals surface area (Å²) in [6, 6.07) is 1.60. The Labute approximate surface area is 136 Å². The lowest BCUT2D eigenvalue weighted by atomic mass is 10.1. The van der Waals surface area contributed by atoms with Crippen LogP contribution in [0.25, 0.3) is 0 Å². The van der Waals surface area contributed by atoms with E-state index >= 15 is 0 Å². The second-order valence-corrected chi connectivity index (χ2v) is 5.62. The minimum atomic E-state index is -1.22. The fraction of sp³-hybridized carbons (Fsp3) is 0.308. The molecule has 1 unspecified atom stereocenters. The molecule has 0 aliphatic carbocycles. The predicted molar refractivity (Wildman–Crippen MR) is 82.6 cm³/mol. The van der Waals surface area contributed by atoms with Crippen molar-refractivity contribution in [1.82, 2.24) is 5.32 Å². The molecule has 0 saturated heterocycles. The molecular weight excluding hydrogens is 333 g/mol. The van der Waals surface area contributed by atoms with E-state index in [1.54, 1.807) is 13.8 Å². The number of carbonyl (C=O) groups excluding carboxylic acids is 3. The molecule has 1 aromatic rings. The number of halogens is 2. The fourth-order valence-electron chi connectivity index (χ4n) is 1.62. The van der Waals surface area contributed by atoms with Gasteiger partial charge in [-0.05, 0) is 18.1 Å². The summed E-state index contributed by atoms with van der Waals surface area (Å²) >= 11 is 11.6. The Morgan fingerprint density at radius 2 is 1.82 bits per heavy atom. The van der Waals surface area contributed by atoms with Crippen molar-refractivity contribution in [3.05, 3.63) is 27.7 Å². The van der Waals surface area contributed by atoms with Crippen LogP contribution in [0.1, 0.15) is 24.2 Å². The second kappa shape index (κ2) is 7.33. The number of ether oxygens (including phenoxy) is 1. The lowest BCUT2D eigenvalue weighted by molar-refractivity contribution is -0.130. The highest BCUT2D eigenvalue weighted by molar-refractivity contribution is 6.37. The van der Waals surface area contributed by atoms with Gasteiger partial charge < -0.3 is 16.2 Å². The number of esters is 1. The molecule has 5 N–H and O–H groups in total. The van der Waals surface area contributed by atoms with Gasteiger partial charge in [-0.2, -0.15) is 0 Å². The zero-order valence-corrected chi connectivity index (χ0v) is 13.4. The standard InChI is InChI=1S/C13H15Cl2N3O4/c1-5(2)10(11(19)18-13(17)21)22-12(20)7-3-6(14)4-8(15)9(7)16/h3-5,10H,16H2,1-2H3,(H3,17,18,19,21).